The smallest absolute Gasteiger partial charge is 0.407 e. The molecule has 1 rings (SSSR count). The van der Waals surface area contributed by atoms with Crippen LogP contribution in [-0.2, 0) is 4.79 Å². The van der Waals surface area contributed by atoms with Crippen LogP contribution in [0.4, 0.5) is 4.79 Å². The van der Waals surface area contributed by atoms with E-state index < -0.39 is 18.2 Å². The summed E-state index contributed by atoms with van der Waals surface area (Å²) in [5.74, 6) is -0.221. The Balaban J connectivity index is 2.54. The molecule has 0 saturated heterocycles. The highest BCUT2D eigenvalue weighted by Gasteiger charge is 2.33. The van der Waals surface area contributed by atoms with Gasteiger partial charge in [-0.15, -0.1) is 0 Å². The summed E-state index contributed by atoms with van der Waals surface area (Å²) in [5.41, 5.74) is 0. The summed E-state index contributed by atoms with van der Waals surface area (Å²) in [6.45, 7) is 4.33. The van der Waals surface area contributed by atoms with Crippen molar-refractivity contribution in [1.82, 2.24) is 10.2 Å². The zero-order chi connectivity index (χ0) is 16.5. The summed E-state index contributed by atoms with van der Waals surface area (Å²) in [6.07, 6.45) is 4.72. The molecule has 6 nitrogen and oxygen atoms in total. The first-order valence-electron chi connectivity index (χ1n) is 8.43. The topological polar surface area (TPSA) is 89.9 Å². The van der Waals surface area contributed by atoms with E-state index in [1.165, 1.54) is 4.90 Å². The van der Waals surface area contributed by atoms with E-state index in [0.717, 1.165) is 44.9 Å². The minimum atomic E-state index is -1.01. The maximum Gasteiger partial charge on any atom is 0.407 e. The van der Waals surface area contributed by atoms with Gasteiger partial charge < -0.3 is 20.4 Å². The molecular formula is C16H30N2O4. The lowest BCUT2D eigenvalue weighted by atomic mass is 9.92. The molecule has 2 amide bonds. The van der Waals surface area contributed by atoms with Gasteiger partial charge >= 0.3 is 6.09 Å². The van der Waals surface area contributed by atoms with Gasteiger partial charge in [-0.2, -0.15) is 0 Å². The van der Waals surface area contributed by atoms with E-state index in [1.807, 2.05) is 6.92 Å². The monoisotopic (exact) mass is 314 g/mol. The molecule has 0 aromatic carbocycles. The SMILES string of the molecule is CCCCNC(=O)C[C@H](O)[C@H](C)N(C(=O)O)C1CCCCC1. The Hall–Kier alpha value is -1.30. The first-order chi connectivity index (χ1) is 10.5. The van der Waals surface area contributed by atoms with Gasteiger partial charge in [-0.25, -0.2) is 4.79 Å². The lowest BCUT2D eigenvalue weighted by Gasteiger charge is -2.38. The van der Waals surface area contributed by atoms with Crippen LogP contribution in [0.5, 0.6) is 0 Å². The molecule has 0 aromatic heterocycles. The van der Waals surface area contributed by atoms with Crippen LogP contribution in [0.2, 0.25) is 0 Å². The predicted octanol–water partition coefficient (Wildman–Crippen LogP) is 2.35. The van der Waals surface area contributed by atoms with Gasteiger partial charge in [-0.3, -0.25) is 4.79 Å². The Kier molecular flexibility index (Phi) is 8.24. The molecule has 3 N–H and O–H groups in total. The van der Waals surface area contributed by atoms with Crippen molar-refractivity contribution >= 4 is 12.0 Å². The van der Waals surface area contributed by atoms with E-state index in [9.17, 15) is 19.8 Å². The number of hydrogen-bond acceptors (Lipinski definition) is 3. The number of nitrogens with one attached hydrogen (secondary N) is 1. The number of rotatable bonds is 8. The van der Waals surface area contributed by atoms with Crippen molar-refractivity contribution in [1.29, 1.82) is 0 Å². The van der Waals surface area contributed by atoms with Crippen LogP contribution in [0.1, 0.15) is 65.2 Å². The molecule has 6 heteroatoms. The van der Waals surface area contributed by atoms with Crippen molar-refractivity contribution in [2.75, 3.05) is 6.54 Å². The van der Waals surface area contributed by atoms with Crippen LogP contribution in [-0.4, -0.2) is 51.8 Å². The molecule has 1 aliphatic carbocycles. The highest BCUT2D eigenvalue weighted by molar-refractivity contribution is 5.76. The first kappa shape index (κ1) is 18.7. The Bertz CT molecular complexity index is 356. The maximum atomic E-state index is 11.8. The van der Waals surface area contributed by atoms with Gasteiger partial charge in [0.1, 0.15) is 0 Å². The van der Waals surface area contributed by atoms with Crippen molar-refractivity contribution in [3.63, 3.8) is 0 Å². The standard InChI is InChI=1S/C16H30N2O4/c1-3-4-10-17-15(20)11-14(19)12(2)18(16(21)22)13-8-6-5-7-9-13/h12-14,19H,3-11H2,1-2H3,(H,17,20)(H,21,22)/t12-,14-/m0/s1. The van der Waals surface area contributed by atoms with Crippen LogP contribution in [0.3, 0.4) is 0 Å². The van der Waals surface area contributed by atoms with Crippen LogP contribution in [0.25, 0.3) is 0 Å². The molecule has 22 heavy (non-hydrogen) atoms. The third kappa shape index (κ3) is 5.83. The van der Waals surface area contributed by atoms with Crippen LogP contribution >= 0.6 is 0 Å². The van der Waals surface area contributed by atoms with E-state index in [1.54, 1.807) is 6.92 Å². The highest BCUT2D eigenvalue weighted by Crippen LogP contribution is 2.25. The number of aliphatic hydroxyl groups is 1. The van der Waals surface area contributed by atoms with Gasteiger partial charge in [0, 0.05) is 12.6 Å². The van der Waals surface area contributed by atoms with E-state index in [0.29, 0.717) is 6.54 Å². The Morgan fingerprint density at radius 1 is 1.27 bits per heavy atom. The molecule has 0 heterocycles. The van der Waals surface area contributed by atoms with Crippen molar-refractivity contribution in [2.45, 2.75) is 83.4 Å². The molecule has 0 spiro atoms. The van der Waals surface area contributed by atoms with E-state index in [2.05, 4.69) is 5.32 Å². The highest BCUT2D eigenvalue weighted by atomic mass is 16.4. The minimum Gasteiger partial charge on any atom is -0.465 e. The molecular weight excluding hydrogens is 284 g/mol. The zero-order valence-electron chi connectivity index (χ0n) is 13.8. The number of aliphatic hydroxyl groups excluding tert-OH is 1. The average molecular weight is 314 g/mol. The molecule has 1 aliphatic rings. The number of carbonyl (C=O) groups is 2. The summed E-state index contributed by atoms with van der Waals surface area (Å²) >= 11 is 0. The molecule has 0 radical (unpaired) electrons. The Morgan fingerprint density at radius 3 is 2.45 bits per heavy atom. The van der Waals surface area contributed by atoms with Crippen LogP contribution in [0, 0.1) is 0 Å². The molecule has 0 bridgehead atoms. The summed E-state index contributed by atoms with van der Waals surface area (Å²) in [5, 5.41) is 22.4. The number of carboxylic acid groups (broad SMARTS) is 1. The molecule has 0 aromatic rings. The van der Waals surface area contributed by atoms with Crippen molar-refractivity contribution < 1.29 is 19.8 Å². The van der Waals surface area contributed by atoms with Crippen LogP contribution in [0.15, 0.2) is 0 Å². The lowest BCUT2D eigenvalue weighted by molar-refractivity contribution is -0.124. The van der Waals surface area contributed by atoms with E-state index >= 15 is 0 Å². The second-order valence-corrected chi connectivity index (χ2v) is 6.20. The van der Waals surface area contributed by atoms with E-state index in [-0.39, 0.29) is 18.4 Å². The predicted molar refractivity (Wildman–Crippen MR) is 84.7 cm³/mol. The quantitative estimate of drug-likeness (QED) is 0.600. The van der Waals surface area contributed by atoms with E-state index in [4.69, 9.17) is 0 Å². The maximum absolute atomic E-state index is 11.8. The third-order valence-corrected chi connectivity index (χ3v) is 4.43. The first-order valence-corrected chi connectivity index (χ1v) is 8.43. The average Bonchev–Trinajstić information content (AvgIpc) is 2.48. The fourth-order valence-electron chi connectivity index (χ4n) is 3.04. The fraction of sp³-hybridized carbons (Fsp3) is 0.875. The number of amides is 2. The number of unbranched alkanes of at least 4 members (excludes halogenated alkanes) is 1. The third-order valence-electron chi connectivity index (χ3n) is 4.43. The zero-order valence-corrected chi connectivity index (χ0v) is 13.8. The van der Waals surface area contributed by atoms with Crippen molar-refractivity contribution in [3.8, 4) is 0 Å². The Morgan fingerprint density at radius 2 is 1.91 bits per heavy atom. The Labute approximate surface area is 132 Å². The van der Waals surface area contributed by atoms with Gasteiger partial charge in [0.15, 0.2) is 0 Å². The van der Waals surface area contributed by atoms with Gasteiger partial charge in [0.05, 0.1) is 18.6 Å². The second-order valence-electron chi connectivity index (χ2n) is 6.20. The fourth-order valence-corrected chi connectivity index (χ4v) is 3.04. The molecule has 0 unspecified atom stereocenters. The van der Waals surface area contributed by atoms with Gasteiger partial charge in [0.25, 0.3) is 0 Å². The number of hydrogen-bond donors (Lipinski definition) is 3. The number of nitrogens with zero attached hydrogens (tertiary/aromatic N) is 1. The lowest BCUT2D eigenvalue weighted by Crippen LogP contribution is -2.51. The molecule has 1 saturated carbocycles. The summed E-state index contributed by atoms with van der Waals surface area (Å²) < 4.78 is 0. The van der Waals surface area contributed by atoms with Gasteiger partial charge in [-0.05, 0) is 26.2 Å². The normalized spacial score (nSPS) is 18.5. The van der Waals surface area contributed by atoms with Gasteiger partial charge in [0.2, 0.25) is 5.91 Å². The van der Waals surface area contributed by atoms with Crippen molar-refractivity contribution in [2.24, 2.45) is 0 Å². The number of carbonyl (C=O) groups excluding carboxylic acids is 1. The molecule has 128 valence electrons. The summed E-state index contributed by atoms with van der Waals surface area (Å²) in [6, 6.07) is -0.614. The van der Waals surface area contributed by atoms with Gasteiger partial charge in [-0.1, -0.05) is 32.6 Å². The molecule has 2 atom stereocenters. The molecule has 1 fully saturated rings. The molecule has 0 aliphatic heterocycles. The van der Waals surface area contributed by atoms with Crippen LogP contribution < -0.4 is 5.32 Å². The summed E-state index contributed by atoms with van der Waals surface area (Å²) in [7, 11) is 0. The largest absolute Gasteiger partial charge is 0.465 e. The summed E-state index contributed by atoms with van der Waals surface area (Å²) in [4.78, 5) is 24.7. The minimum absolute atomic E-state index is 0.0425. The second kappa shape index (κ2) is 9.66. The van der Waals surface area contributed by atoms with Crippen molar-refractivity contribution in [3.05, 3.63) is 0 Å².